The van der Waals surface area contributed by atoms with Crippen LogP contribution >= 0.6 is 0 Å². The SMILES string of the molecule is COC[C@]1(C)NC(=O)N(Cc2nc(-c3ccco3)oc2C)C1=O. The Hall–Kier alpha value is -2.61. The number of imide groups is 1. The summed E-state index contributed by atoms with van der Waals surface area (Å²) in [4.78, 5) is 30.0. The first-order valence-corrected chi connectivity index (χ1v) is 7.08. The molecule has 0 unspecified atom stereocenters. The lowest BCUT2D eigenvalue weighted by atomic mass is 10.0. The van der Waals surface area contributed by atoms with E-state index in [-0.39, 0.29) is 19.1 Å². The van der Waals surface area contributed by atoms with Crippen molar-refractivity contribution in [1.82, 2.24) is 15.2 Å². The van der Waals surface area contributed by atoms with Gasteiger partial charge in [0.2, 0.25) is 0 Å². The number of aromatic nitrogens is 1. The number of amides is 3. The number of rotatable bonds is 5. The van der Waals surface area contributed by atoms with E-state index < -0.39 is 11.6 Å². The van der Waals surface area contributed by atoms with Gasteiger partial charge >= 0.3 is 6.03 Å². The molecule has 122 valence electrons. The first-order valence-electron chi connectivity index (χ1n) is 7.08. The number of methoxy groups -OCH3 is 1. The molecule has 0 aromatic carbocycles. The first kappa shape index (κ1) is 15.3. The number of carbonyl (C=O) groups is 2. The fourth-order valence-corrected chi connectivity index (χ4v) is 2.51. The van der Waals surface area contributed by atoms with Crippen LogP contribution in [0, 0.1) is 6.92 Å². The molecule has 8 nitrogen and oxygen atoms in total. The van der Waals surface area contributed by atoms with Crippen LogP contribution in [0.5, 0.6) is 0 Å². The van der Waals surface area contributed by atoms with Gasteiger partial charge in [-0.3, -0.25) is 9.69 Å². The molecule has 0 aliphatic carbocycles. The van der Waals surface area contributed by atoms with Gasteiger partial charge in [-0.1, -0.05) is 0 Å². The molecule has 2 aromatic rings. The lowest BCUT2D eigenvalue weighted by Gasteiger charge is -2.20. The van der Waals surface area contributed by atoms with Crippen molar-refractivity contribution in [3.63, 3.8) is 0 Å². The fourth-order valence-electron chi connectivity index (χ4n) is 2.51. The van der Waals surface area contributed by atoms with Gasteiger partial charge in [0.05, 0.1) is 19.4 Å². The van der Waals surface area contributed by atoms with E-state index in [9.17, 15) is 9.59 Å². The highest BCUT2D eigenvalue weighted by Gasteiger charge is 2.48. The van der Waals surface area contributed by atoms with Crippen LogP contribution in [0.3, 0.4) is 0 Å². The molecule has 3 rings (SSSR count). The van der Waals surface area contributed by atoms with Crippen molar-refractivity contribution in [2.75, 3.05) is 13.7 Å². The van der Waals surface area contributed by atoms with Gasteiger partial charge in [-0.25, -0.2) is 9.78 Å². The molecule has 8 heteroatoms. The fraction of sp³-hybridized carbons (Fsp3) is 0.400. The minimum atomic E-state index is -1.06. The van der Waals surface area contributed by atoms with Crippen molar-refractivity contribution < 1.29 is 23.2 Å². The van der Waals surface area contributed by atoms with Gasteiger partial charge in [0.25, 0.3) is 11.8 Å². The number of urea groups is 1. The van der Waals surface area contributed by atoms with Crippen LogP contribution in [0.4, 0.5) is 4.79 Å². The van der Waals surface area contributed by atoms with Crippen LogP contribution < -0.4 is 5.32 Å². The number of nitrogens with zero attached hydrogens (tertiary/aromatic N) is 2. The van der Waals surface area contributed by atoms with Crippen LogP contribution in [-0.2, 0) is 16.1 Å². The van der Waals surface area contributed by atoms with Crippen molar-refractivity contribution in [3.05, 3.63) is 29.9 Å². The average molecular weight is 319 g/mol. The lowest BCUT2D eigenvalue weighted by Crippen LogP contribution is -2.47. The van der Waals surface area contributed by atoms with E-state index in [2.05, 4.69) is 10.3 Å². The quantitative estimate of drug-likeness (QED) is 0.842. The third-order valence-corrected chi connectivity index (χ3v) is 3.71. The van der Waals surface area contributed by atoms with Gasteiger partial charge in [0, 0.05) is 7.11 Å². The Kier molecular flexibility index (Phi) is 3.69. The largest absolute Gasteiger partial charge is 0.459 e. The van der Waals surface area contributed by atoms with E-state index in [1.54, 1.807) is 26.0 Å². The predicted octanol–water partition coefficient (Wildman–Crippen LogP) is 1.70. The molecule has 0 spiro atoms. The maximum Gasteiger partial charge on any atom is 0.325 e. The molecule has 1 fully saturated rings. The number of furan rings is 1. The molecule has 0 radical (unpaired) electrons. The zero-order chi connectivity index (χ0) is 16.6. The molecule has 3 amide bonds. The van der Waals surface area contributed by atoms with Gasteiger partial charge in [0.15, 0.2) is 5.76 Å². The molecular weight excluding hydrogens is 302 g/mol. The molecule has 3 heterocycles. The van der Waals surface area contributed by atoms with Crippen molar-refractivity contribution in [1.29, 1.82) is 0 Å². The second kappa shape index (κ2) is 5.54. The second-order valence-electron chi connectivity index (χ2n) is 5.59. The van der Waals surface area contributed by atoms with E-state index in [1.807, 2.05) is 0 Å². The van der Waals surface area contributed by atoms with Crippen LogP contribution in [0.1, 0.15) is 18.4 Å². The Morgan fingerprint density at radius 3 is 2.87 bits per heavy atom. The molecule has 23 heavy (non-hydrogen) atoms. The zero-order valence-corrected chi connectivity index (χ0v) is 13.1. The van der Waals surface area contributed by atoms with Gasteiger partial charge in [-0.05, 0) is 26.0 Å². The van der Waals surface area contributed by atoms with Gasteiger partial charge in [-0.2, -0.15) is 0 Å². The summed E-state index contributed by atoms with van der Waals surface area (Å²) >= 11 is 0. The third-order valence-electron chi connectivity index (χ3n) is 3.71. The van der Waals surface area contributed by atoms with E-state index in [0.29, 0.717) is 23.1 Å². The second-order valence-corrected chi connectivity index (χ2v) is 5.59. The highest BCUT2D eigenvalue weighted by atomic mass is 16.5. The van der Waals surface area contributed by atoms with Gasteiger partial charge in [-0.15, -0.1) is 0 Å². The molecule has 1 aliphatic heterocycles. The summed E-state index contributed by atoms with van der Waals surface area (Å²) in [5, 5.41) is 2.64. The Bertz CT molecular complexity index is 736. The normalized spacial score (nSPS) is 21.1. The summed E-state index contributed by atoms with van der Waals surface area (Å²) < 4.78 is 15.8. The monoisotopic (exact) mass is 319 g/mol. The molecule has 0 saturated carbocycles. The number of hydrogen-bond donors (Lipinski definition) is 1. The summed E-state index contributed by atoms with van der Waals surface area (Å²) in [6.07, 6.45) is 1.52. The Labute approximate surface area is 132 Å². The Balaban J connectivity index is 1.82. The number of ether oxygens (including phenoxy) is 1. The smallest absolute Gasteiger partial charge is 0.325 e. The zero-order valence-electron chi connectivity index (χ0n) is 13.1. The van der Waals surface area contributed by atoms with E-state index in [0.717, 1.165) is 4.90 Å². The molecule has 1 saturated heterocycles. The summed E-state index contributed by atoms with van der Waals surface area (Å²) in [6, 6.07) is 2.97. The maximum absolute atomic E-state index is 12.5. The van der Waals surface area contributed by atoms with Crippen molar-refractivity contribution in [2.45, 2.75) is 25.9 Å². The number of hydrogen-bond acceptors (Lipinski definition) is 6. The van der Waals surface area contributed by atoms with Gasteiger partial charge < -0.3 is 18.9 Å². The summed E-state index contributed by atoms with van der Waals surface area (Å²) in [5.74, 6) is 0.971. The van der Waals surface area contributed by atoms with E-state index in [1.165, 1.54) is 13.4 Å². The Morgan fingerprint density at radius 1 is 1.43 bits per heavy atom. The minimum absolute atomic E-state index is 0.0278. The third kappa shape index (κ3) is 2.61. The summed E-state index contributed by atoms with van der Waals surface area (Å²) in [6.45, 7) is 3.48. The number of oxazole rings is 1. The molecular formula is C15H17N3O5. The molecule has 1 atom stereocenters. The lowest BCUT2D eigenvalue weighted by molar-refractivity contribution is -0.132. The standard InChI is InChI=1S/C15H17N3O5/c1-9-10(16-12(23-9)11-5-4-6-22-11)7-18-13(19)15(2,8-21-3)17-14(18)20/h4-6H,7-8H2,1-3H3,(H,17,20)/t15-/m0/s1. The van der Waals surface area contributed by atoms with Crippen LogP contribution in [0.25, 0.3) is 11.7 Å². The minimum Gasteiger partial charge on any atom is -0.459 e. The summed E-state index contributed by atoms with van der Waals surface area (Å²) in [5.41, 5.74) is -0.561. The topological polar surface area (TPSA) is 97.8 Å². The van der Waals surface area contributed by atoms with Gasteiger partial charge in [0.1, 0.15) is 17.0 Å². The first-order chi connectivity index (χ1) is 10.9. The number of aryl methyl sites for hydroxylation is 1. The predicted molar refractivity (Wildman–Crippen MR) is 78.3 cm³/mol. The Morgan fingerprint density at radius 2 is 2.22 bits per heavy atom. The maximum atomic E-state index is 12.5. The van der Waals surface area contributed by atoms with Crippen LogP contribution in [0.2, 0.25) is 0 Å². The highest BCUT2D eigenvalue weighted by Crippen LogP contribution is 2.25. The number of carbonyl (C=O) groups excluding carboxylic acids is 2. The van der Waals surface area contributed by atoms with Crippen molar-refractivity contribution in [2.24, 2.45) is 0 Å². The molecule has 0 bridgehead atoms. The van der Waals surface area contributed by atoms with Crippen molar-refractivity contribution >= 4 is 11.9 Å². The van der Waals surface area contributed by atoms with Crippen molar-refractivity contribution in [3.8, 4) is 11.7 Å². The summed E-state index contributed by atoms with van der Waals surface area (Å²) in [7, 11) is 1.48. The van der Waals surface area contributed by atoms with Crippen LogP contribution in [-0.4, -0.2) is 41.1 Å². The number of nitrogens with one attached hydrogen (secondary N) is 1. The van der Waals surface area contributed by atoms with E-state index in [4.69, 9.17) is 13.6 Å². The molecule has 2 aromatic heterocycles. The average Bonchev–Trinajstić information content (AvgIpc) is 3.17. The highest BCUT2D eigenvalue weighted by molar-refractivity contribution is 6.06. The molecule has 1 N–H and O–H groups in total. The molecule has 1 aliphatic rings. The van der Waals surface area contributed by atoms with E-state index >= 15 is 0 Å². The van der Waals surface area contributed by atoms with Crippen LogP contribution in [0.15, 0.2) is 27.2 Å².